The van der Waals surface area contributed by atoms with E-state index >= 15 is 0 Å². The Morgan fingerprint density at radius 3 is 2.39 bits per heavy atom. The molecule has 100 valence electrons. The summed E-state index contributed by atoms with van der Waals surface area (Å²) in [5.74, 6) is -1.06. The van der Waals surface area contributed by atoms with E-state index in [-0.39, 0.29) is 22.1 Å². The van der Waals surface area contributed by atoms with E-state index in [9.17, 15) is 13.2 Å². The van der Waals surface area contributed by atoms with Gasteiger partial charge in [0.1, 0.15) is 0 Å². The first kappa shape index (κ1) is 14.7. The van der Waals surface area contributed by atoms with Gasteiger partial charge in [-0.15, -0.1) is 0 Å². The third kappa shape index (κ3) is 3.32. The first-order chi connectivity index (χ1) is 8.27. The van der Waals surface area contributed by atoms with Gasteiger partial charge in [-0.25, -0.2) is 13.2 Å². The second-order valence-corrected chi connectivity index (χ2v) is 6.69. The van der Waals surface area contributed by atoms with Crippen LogP contribution in [0.15, 0.2) is 23.1 Å². The molecule has 0 heterocycles. The van der Waals surface area contributed by atoms with Gasteiger partial charge >= 0.3 is 5.97 Å². The van der Waals surface area contributed by atoms with Gasteiger partial charge in [-0.3, -0.25) is 0 Å². The molecule has 0 amide bonds. The lowest BCUT2D eigenvalue weighted by molar-refractivity contribution is 0.0695. The average molecular weight is 270 g/mol. The molecule has 0 bridgehead atoms. The van der Waals surface area contributed by atoms with Crippen LogP contribution in [-0.4, -0.2) is 25.2 Å². The predicted octanol–water partition coefficient (Wildman–Crippen LogP) is 2.38. The monoisotopic (exact) mass is 270 g/mol. The maximum absolute atomic E-state index is 12.0. The average Bonchev–Trinajstić information content (AvgIpc) is 2.26. The Morgan fingerprint density at radius 2 is 1.94 bits per heavy atom. The normalized spacial score (nSPS) is 11.8. The van der Waals surface area contributed by atoms with E-state index in [1.54, 1.807) is 6.07 Å². The maximum Gasteiger partial charge on any atom is 0.336 e. The molecule has 1 aromatic carbocycles. The number of carboxylic acid groups (broad SMARTS) is 1. The zero-order valence-electron chi connectivity index (χ0n) is 10.8. The first-order valence-electron chi connectivity index (χ1n) is 5.87. The quantitative estimate of drug-likeness (QED) is 0.891. The predicted molar refractivity (Wildman–Crippen MR) is 69.7 cm³/mol. The zero-order chi connectivity index (χ0) is 13.9. The van der Waals surface area contributed by atoms with Crippen LogP contribution in [0, 0.1) is 5.92 Å². The molecule has 1 N–H and O–H groups in total. The molecule has 0 spiro atoms. The van der Waals surface area contributed by atoms with Crippen molar-refractivity contribution in [3.63, 3.8) is 0 Å². The van der Waals surface area contributed by atoms with Crippen LogP contribution < -0.4 is 0 Å². The lowest BCUT2D eigenvalue weighted by atomic mass is 10.1. The van der Waals surface area contributed by atoms with Crippen molar-refractivity contribution >= 4 is 15.8 Å². The van der Waals surface area contributed by atoms with Crippen LogP contribution in [0.2, 0.25) is 0 Å². The minimum Gasteiger partial charge on any atom is -0.478 e. The van der Waals surface area contributed by atoms with Gasteiger partial charge < -0.3 is 5.11 Å². The fraction of sp³-hybridized carbons (Fsp3) is 0.462. The maximum atomic E-state index is 12.0. The number of benzene rings is 1. The molecular formula is C13H18O4S. The Balaban J connectivity index is 3.28. The number of rotatable bonds is 5. The van der Waals surface area contributed by atoms with Gasteiger partial charge in [-0.2, -0.15) is 0 Å². The molecule has 0 aromatic heterocycles. The number of hydrogen-bond acceptors (Lipinski definition) is 3. The summed E-state index contributed by atoms with van der Waals surface area (Å²) in [6, 6.07) is 4.33. The number of aryl methyl sites for hydroxylation is 1. The van der Waals surface area contributed by atoms with Crippen molar-refractivity contribution in [1.82, 2.24) is 0 Å². The number of hydrogen-bond donors (Lipinski definition) is 1. The van der Waals surface area contributed by atoms with Crippen molar-refractivity contribution in [3.05, 3.63) is 29.3 Å². The van der Waals surface area contributed by atoms with Gasteiger partial charge in [0.15, 0.2) is 9.84 Å². The molecule has 0 aliphatic carbocycles. The lowest BCUT2D eigenvalue weighted by Crippen LogP contribution is -2.13. The van der Waals surface area contributed by atoms with Gasteiger partial charge in [0.05, 0.1) is 16.2 Å². The summed E-state index contributed by atoms with van der Waals surface area (Å²) in [4.78, 5) is 11.2. The summed E-state index contributed by atoms with van der Waals surface area (Å²) < 4.78 is 24.0. The second-order valence-electron chi connectivity index (χ2n) is 4.65. The number of sulfone groups is 1. The molecule has 0 saturated carbocycles. The Bertz CT molecular complexity index is 544. The number of aromatic carboxylic acids is 1. The van der Waals surface area contributed by atoms with E-state index in [1.165, 1.54) is 12.1 Å². The highest BCUT2D eigenvalue weighted by Crippen LogP contribution is 2.19. The van der Waals surface area contributed by atoms with Gasteiger partial charge in [0, 0.05) is 0 Å². The zero-order valence-corrected chi connectivity index (χ0v) is 11.6. The van der Waals surface area contributed by atoms with Crippen molar-refractivity contribution in [2.24, 2.45) is 5.92 Å². The van der Waals surface area contributed by atoms with Crippen LogP contribution in [0.5, 0.6) is 0 Å². The minimum atomic E-state index is -3.40. The van der Waals surface area contributed by atoms with Gasteiger partial charge in [-0.1, -0.05) is 26.8 Å². The Labute approximate surface area is 108 Å². The third-order valence-corrected chi connectivity index (χ3v) is 4.68. The highest BCUT2D eigenvalue weighted by molar-refractivity contribution is 7.91. The summed E-state index contributed by atoms with van der Waals surface area (Å²) in [6.07, 6.45) is 0.562. The van der Waals surface area contributed by atoms with E-state index in [4.69, 9.17) is 5.11 Å². The Morgan fingerprint density at radius 1 is 1.33 bits per heavy atom. The van der Waals surface area contributed by atoms with Crippen LogP contribution in [-0.2, 0) is 16.3 Å². The van der Waals surface area contributed by atoms with Crippen LogP contribution in [0.4, 0.5) is 0 Å². The summed E-state index contributed by atoms with van der Waals surface area (Å²) in [6.45, 7) is 5.47. The standard InChI is InChI=1S/C13H18O4S/c1-4-10-5-6-11(7-12(10)13(14)15)18(16,17)8-9(2)3/h5-7,9H,4,8H2,1-3H3,(H,14,15). The van der Waals surface area contributed by atoms with E-state index < -0.39 is 15.8 Å². The van der Waals surface area contributed by atoms with E-state index in [1.807, 2.05) is 20.8 Å². The largest absolute Gasteiger partial charge is 0.478 e. The van der Waals surface area contributed by atoms with Crippen molar-refractivity contribution in [1.29, 1.82) is 0 Å². The summed E-state index contributed by atoms with van der Waals surface area (Å²) in [5.41, 5.74) is 0.716. The molecule has 0 unspecified atom stereocenters. The Kier molecular flexibility index (Phi) is 4.51. The fourth-order valence-corrected chi connectivity index (χ4v) is 3.43. The molecule has 0 atom stereocenters. The molecule has 0 radical (unpaired) electrons. The van der Waals surface area contributed by atoms with Crippen molar-refractivity contribution in [2.75, 3.05) is 5.75 Å². The van der Waals surface area contributed by atoms with Gasteiger partial charge in [0.2, 0.25) is 0 Å². The fourth-order valence-electron chi connectivity index (χ4n) is 1.79. The smallest absolute Gasteiger partial charge is 0.336 e. The molecule has 18 heavy (non-hydrogen) atoms. The highest BCUT2D eigenvalue weighted by Gasteiger charge is 2.19. The molecule has 0 aliphatic rings. The SMILES string of the molecule is CCc1ccc(S(=O)(=O)CC(C)C)cc1C(=O)O. The van der Waals surface area contributed by atoms with E-state index in [0.29, 0.717) is 12.0 Å². The van der Waals surface area contributed by atoms with Gasteiger partial charge in [-0.05, 0) is 30.0 Å². The van der Waals surface area contributed by atoms with Crippen LogP contribution in [0.25, 0.3) is 0 Å². The minimum absolute atomic E-state index is 0.00845. The topological polar surface area (TPSA) is 71.4 Å². The second kappa shape index (κ2) is 5.52. The van der Waals surface area contributed by atoms with Crippen LogP contribution >= 0.6 is 0 Å². The first-order valence-corrected chi connectivity index (χ1v) is 7.52. The highest BCUT2D eigenvalue weighted by atomic mass is 32.2. The van der Waals surface area contributed by atoms with E-state index in [2.05, 4.69) is 0 Å². The number of carboxylic acids is 1. The van der Waals surface area contributed by atoms with Crippen molar-refractivity contribution < 1.29 is 18.3 Å². The van der Waals surface area contributed by atoms with Crippen molar-refractivity contribution in [2.45, 2.75) is 32.1 Å². The molecule has 0 saturated heterocycles. The third-order valence-electron chi connectivity index (χ3n) is 2.60. The number of carbonyl (C=O) groups is 1. The van der Waals surface area contributed by atoms with Crippen LogP contribution in [0.1, 0.15) is 36.7 Å². The molecule has 4 nitrogen and oxygen atoms in total. The summed E-state index contributed by atoms with van der Waals surface area (Å²) in [5, 5.41) is 9.07. The molecule has 1 rings (SSSR count). The van der Waals surface area contributed by atoms with Crippen molar-refractivity contribution in [3.8, 4) is 0 Å². The summed E-state index contributed by atoms with van der Waals surface area (Å²) >= 11 is 0. The molecule has 0 fully saturated rings. The molecule has 5 heteroatoms. The van der Waals surface area contributed by atoms with Gasteiger partial charge in [0.25, 0.3) is 0 Å². The van der Waals surface area contributed by atoms with Crippen LogP contribution in [0.3, 0.4) is 0 Å². The molecular weight excluding hydrogens is 252 g/mol. The molecule has 0 aliphatic heterocycles. The molecule has 1 aromatic rings. The lowest BCUT2D eigenvalue weighted by Gasteiger charge is -2.10. The summed E-state index contributed by atoms with van der Waals surface area (Å²) in [7, 11) is -3.40. The Hall–Kier alpha value is -1.36. The van der Waals surface area contributed by atoms with E-state index in [0.717, 1.165) is 0 Å².